The summed E-state index contributed by atoms with van der Waals surface area (Å²) in [6, 6.07) is 16.9. The smallest absolute Gasteiger partial charge is 0.224 e. The van der Waals surface area contributed by atoms with Crippen LogP contribution in [-0.2, 0) is 16.2 Å². The molecular weight excluding hydrogens is 294 g/mol. The topological polar surface area (TPSA) is 78.5 Å². The highest BCUT2D eigenvalue weighted by molar-refractivity contribution is 5.90. The molecule has 0 aromatic heterocycles. The Labute approximate surface area is 134 Å². The highest BCUT2D eigenvalue weighted by Gasteiger charge is 2.03. The molecule has 2 rings (SSSR count). The summed E-state index contributed by atoms with van der Waals surface area (Å²) < 4.78 is 5.66. The molecule has 0 aliphatic heterocycles. The molecule has 2 aromatic carbocycles. The third kappa shape index (κ3) is 6.22. The van der Waals surface area contributed by atoms with Crippen LogP contribution in [0.3, 0.4) is 0 Å². The van der Waals surface area contributed by atoms with Gasteiger partial charge in [0.25, 0.3) is 0 Å². The lowest BCUT2D eigenvalue weighted by atomic mass is 10.2. The zero-order valence-corrected chi connectivity index (χ0v) is 12.7. The molecule has 0 fully saturated rings. The number of carbonyl (C=O) groups is 2. The zero-order chi connectivity index (χ0) is 16.5. The number of amides is 1. The van der Waals surface area contributed by atoms with Crippen molar-refractivity contribution in [1.29, 1.82) is 0 Å². The first-order valence-corrected chi connectivity index (χ1v) is 7.40. The second-order valence-electron chi connectivity index (χ2n) is 5.07. The van der Waals surface area contributed by atoms with Crippen LogP contribution in [0.2, 0.25) is 0 Å². The van der Waals surface area contributed by atoms with Gasteiger partial charge in [-0.25, -0.2) is 0 Å². The van der Waals surface area contributed by atoms with E-state index in [4.69, 9.17) is 4.74 Å². The third-order valence-electron chi connectivity index (χ3n) is 3.17. The highest BCUT2D eigenvalue weighted by Crippen LogP contribution is 2.17. The molecule has 0 heterocycles. The summed E-state index contributed by atoms with van der Waals surface area (Å²) in [5.41, 5.74) is 1.73. The molecule has 1 amide bonds. The van der Waals surface area contributed by atoms with Gasteiger partial charge in [0.2, 0.25) is 5.91 Å². The molecule has 0 unspecified atom stereocenters. The number of ether oxygens (including phenoxy) is 1. The van der Waals surface area contributed by atoms with Crippen LogP contribution in [0.1, 0.15) is 24.8 Å². The minimum atomic E-state index is -1.14. The second kappa shape index (κ2) is 8.58. The number of hydrogen-bond donors (Lipinski definition) is 1. The Morgan fingerprint density at radius 1 is 0.957 bits per heavy atom. The van der Waals surface area contributed by atoms with Gasteiger partial charge >= 0.3 is 0 Å². The molecule has 5 heteroatoms. The SMILES string of the molecule is O=C([O-])CCCC(=O)Nc1ccc(OCc2ccccc2)cc1. The van der Waals surface area contributed by atoms with Gasteiger partial charge in [0, 0.05) is 18.1 Å². The molecule has 2 aromatic rings. The van der Waals surface area contributed by atoms with Crippen molar-refractivity contribution in [3.63, 3.8) is 0 Å². The number of hydrogen-bond acceptors (Lipinski definition) is 4. The number of nitrogens with one attached hydrogen (secondary N) is 1. The molecule has 0 aliphatic carbocycles. The van der Waals surface area contributed by atoms with Crippen LogP contribution in [0.15, 0.2) is 54.6 Å². The summed E-state index contributed by atoms with van der Waals surface area (Å²) in [4.78, 5) is 21.9. The van der Waals surface area contributed by atoms with Crippen LogP contribution >= 0.6 is 0 Å². The Balaban J connectivity index is 1.77. The number of carboxylic acids is 1. The molecule has 0 aliphatic rings. The fraction of sp³-hybridized carbons (Fsp3) is 0.222. The highest BCUT2D eigenvalue weighted by atomic mass is 16.5. The van der Waals surface area contributed by atoms with Gasteiger partial charge in [-0.15, -0.1) is 0 Å². The van der Waals surface area contributed by atoms with Gasteiger partial charge in [0.05, 0.1) is 0 Å². The maximum atomic E-state index is 11.6. The molecule has 0 saturated carbocycles. The van der Waals surface area contributed by atoms with E-state index in [0.29, 0.717) is 18.0 Å². The maximum Gasteiger partial charge on any atom is 0.224 e. The number of carbonyl (C=O) groups excluding carboxylic acids is 2. The molecule has 0 radical (unpaired) electrons. The monoisotopic (exact) mass is 312 g/mol. The lowest BCUT2D eigenvalue weighted by Gasteiger charge is -2.08. The molecule has 5 nitrogen and oxygen atoms in total. The summed E-state index contributed by atoms with van der Waals surface area (Å²) in [5, 5.41) is 13.0. The first-order chi connectivity index (χ1) is 11.1. The van der Waals surface area contributed by atoms with Gasteiger partial charge in [-0.05, 0) is 42.7 Å². The van der Waals surface area contributed by atoms with E-state index in [9.17, 15) is 14.7 Å². The minimum absolute atomic E-state index is 0.111. The number of carboxylic acid groups (broad SMARTS) is 1. The van der Waals surface area contributed by atoms with E-state index in [-0.39, 0.29) is 25.2 Å². The summed E-state index contributed by atoms with van der Waals surface area (Å²) in [6.45, 7) is 0.482. The quantitative estimate of drug-likeness (QED) is 0.810. The van der Waals surface area contributed by atoms with Crippen molar-refractivity contribution in [3.05, 3.63) is 60.2 Å². The summed E-state index contributed by atoms with van der Waals surface area (Å²) in [6.07, 6.45) is 0.312. The Kier molecular flexibility index (Phi) is 6.17. The van der Waals surface area contributed by atoms with Crippen molar-refractivity contribution in [2.24, 2.45) is 0 Å². The van der Waals surface area contributed by atoms with Crippen molar-refractivity contribution < 1.29 is 19.4 Å². The molecule has 23 heavy (non-hydrogen) atoms. The molecule has 0 bridgehead atoms. The average Bonchev–Trinajstić information content (AvgIpc) is 2.55. The van der Waals surface area contributed by atoms with Crippen molar-refractivity contribution in [1.82, 2.24) is 0 Å². The third-order valence-corrected chi connectivity index (χ3v) is 3.17. The van der Waals surface area contributed by atoms with E-state index in [0.717, 1.165) is 5.56 Å². The summed E-state index contributed by atoms with van der Waals surface area (Å²) in [5.74, 6) is -0.647. The van der Waals surface area contributed by atoms with Gasteiger partial charge < -0.3 is 20.0 Å². The van der Waals surface area contributed by atoms with Crippen LogP contribution in [0.4, 0.5) is 5.69 Å². The number of benzene rings is 2. The lowest BCUT2D eigenvalue weighted by Crippen LogP contribution is -2.22. The maximum absolute atomic E-state index is 11.6. The first kappa shape index (κ1) is 16.5. The fourth-order valence-electron chi connectivity index (χ4n) is 1.99. The molecule has 120 valence electrons. The van der Waals surface area contributed by atoms with Crippen molar-refractivity contribution in [3.8, 4) is 5.75 Å². The van der Waals surface area contributed by atoms with E-state index in [1.54, 1.807) is 24.3 Å². The largest absolute Gasteiger partial charge is 0.550 e. The molecule has 1 N–H and O–H groups in total. The summed E-state index contributed by atoms with van der Waals surface area (Å²) in [7, 11) is 0. The zero-order valence-electron chi connectivity index (χ0n) is 12.7. The minimum Gasteiger partial charge on any atom is -0.550 e. The number of rotatable bonds is 8. The molecular formula is C18H18NO4-. The number of anilines is 1. The van der Waals surface area contributed by atoms with E-state index in [1.807, 2.05) is 30.3 Å². The van der Waals surface area contributed by atoms with E-state index in [2.05, 4.69) is 5.32 Å². The second-order valence-corrected chi connectivity index (χ2v) is 5.07. The van der Waals surface area contributed by atoms with Gasteiger partial charge in [0.1, 0.15) is 12.4 Å². The average molecular weight is 312 g/mol. The van der Waals surface area contributed by atoms with Crippen molar-refractivity contribution in [2.75, 3.05) is 5.32 Å². The first-order valence-electron chi connectivity index (χ1n) is 7.40. The van der Waals surface area contributed by atoms with Crippen LogP contribution in [0.25, 0.3) is 0 Å². The fourth-order valence-corrected chi connectivity index (χ4v) is 1.99. The number of aliphatic carboxylic acids is 1. The van der Waals surface area contributed by atoms with Crippen LogP contribution < -0.4 is 15.2 Å². The van der Waals surface area contributed by atoms with Crippen LogP contribution in [-0.4, -0.2) is 11.9 Å². The van der Waals surface area contributed by atoms with Crippen LogP contribution in [0.5, 0.6) is 5.75 Å². The Morgan fingerprint density at radius 2 is 1.65 bits per heavy atom. The normalized spacial score (nSPS) is 10.1. The van der Waals surface area contributed by atoms with Crippen molar-refractivity contribution in [2.45, 2.75) is 25.9 Å². The predicted octanol–water partition coefficient (Wildman–Crippen LogP) is 2.12. The standard InChI is InChI=1S/C18H19NO4/c20-17(7-4-8-18(21)22)19-15-9-11-16(12-10-15)23-13-14-5-2-1-3-6-14/h1-3,5-6,9-12H,4,7-8,13H2,(H,19,20)(H,21,22)/p-1. The van der Waals surface area contributed by atoms with Gasteiger partial charge in [-0.1, -0.05) is 30.3 Å². The van der Waals surface area contributed by atoms with E-state index >= 15 is 0 Å². The lowest BCUT2D eigenvalue weighted by molar-refractivity contribution is -0.305. The Hall–Kier alpha value is -2.82. The Morgan fingerprint density at radius 3 is 2.30 bits per heavy atom. The molecule has 0 saturated heterocycles. The predicted molar refractivity (Wildman–Crippen MR) is 84.7 cm³/mol. The molecule has 0 atom stereocenters. The van der Waals surface area contributed by atoms with Crippen molar-refractivity contribution >= 4 is 17.6 Å². The van der Waals surface area contributed by atoms with Gasteiger partial charge in [-0.3, -0.25) is 4.79 Å². The Bertz CT molecular complexity index is 638. The van der Waals surface area contributed by atoms with E-state index in [1.165, 1.54) is 0 Å². The van der Waals surface area contributed by atoms with Gasteiger partial charge in [0.15, 0.2) is 0 Å². The van der Waals surface area contributed by atoms with Crippen LogP contribution in [0, 0.1) is 0 Å². The van der Waals surface area contributed by atoms with Gasteiger partial charge in [-0.2, -0.15) is 0 Å². The summed E-state index contributed by atoms with van der Waals surface area (Å²) >= 11 is 0. The van der Waals surface area contributed by atoms with E-state index < -0.39 is 5.97 Å². The molecule has 0 spiro atoms.